The number of rotatable bonds is 10. The summed E-state index contributed by atoms with van der Waals surface area (Å²) in [6, 6.07) is 4.07. The summed E-state index contributed by atoms with van der Waals surface area (Å²) < 4.78 is 11.2. The summed E-state index contributed by atoms with van der Waals surface area (Å²) in [4.78, 5) is 23.2. The van der Waals surface area contributed by atoms with Crippen LogP contribution in [0.5, 0.6) is 5.88 Å². The van der Waals surface area contributed by atoms with E-state index in [0.29, 0.717) is 35.7 Å². The zero-order chi connectivity index (χ0) is 23.1. The van der Waals surface area contributed by atoms with Gasteiger partial charge in [-0.25, -0.2) is 4.98 Å². The average molecular weight is 446 g/mol. The minimum Gasteiger partial charge on any atom is -0.478 e. The van der Waals surface area contributed by atoms with Crippen LogP contribution in [0.4, 0.5) is 6.01 Å². The number of piperidine rings is 1. The molecule has 1 atom stereocenters. The number of pyridine rings is 1. The standard InChI is InChI=1S/C23H35N5O4/c1-15(2)21-26-23(32-27-21)28-11-9-18(10-12-28)6-5-13-31-20-8-7-19(17(4)25-20)22(30)24-14-16(3)29/h7-8,15-16,18,29H,5-6,9-14H2,1-4H3,(H,24,30). The van der Waals surface area contributed by atoms with Crippen LogP contribution in [0, 0.1) is 12.8 Å². The molecule has 1 amide bonds. The number of aromatic nitrogens is 3. The van der Waals surface area contributed by atoms with Crippen molar-refractivity contribution >= 4 is 11.9 Å². The smallest absolute Gasteiger partial charge is 0.324 e. The Hall–Kier alpha value is -2.68. The molecule has 0 radical (unpaired) electrons. The summed E-state index contributed by atoms with van der Waals surface area (Å²) in [7, 11) is 0. The zero-order valence-electron chi connectivity index (χ0n) is 19.5. The molecule has 176 valence electrons. The van der Waals surface area contributed by atoms with Gasteiger partial charge in [-0.1, -0.05) is 19.0 Å². The lowest BCUT2D eigenvalue weighted by molar-refractivity contribution is 0.0923. The number of aliphatic hydroxyl groups is 1. The minimum absolute atomic E-state index is 0.212. The topological polar surface area (TPSA) is 114 Å². The Morgan fingerprint density at radius 3 is 2.66 bits per heavy atom. The van der Waals surface area contributed by atoms with Crippen LogP contribution in [0.3, 0.4) is 0 Å². The van der Waals surface area contributed by atoms with Crippen molar-refractivity contribution in [2.75, 3.05) is 31.1 Å². The molecule has 3 rings (SSSR count). The number of aliphatic hydroxyl groups excluding tert-OH is 1. The van der Waals surface area contributed by atoms with Gasteiger partial charge < -0.3 is 24.6 Å². The molecule has 3 heterocycles. The highest BCUT2D eigenvalue weighted by Gasteiger charge is 2.23. The second-order valence-corrected chi connectivity index (χ2v) is 8.85. The second kappa shape index (κ2) is 11.3. The predicted molar refractivity (Wildman–Crippen MR) is 121 cm³/mol. The summed E-state index contributed by atoms with van der Waals surface area (Å²) in [5.41, 5.74) is 1.10. The van der Waals surface area contributed by atoms with Gasteiger partial charge in [0.25, 0.3) is 5.91 Å². The number of carbonyl (C=O) groups is 1. The van der Waals surface area contributed by atoms with Crippen molar-refractivity contribution in [1.29, 1.82) is 0 Å². The SMILES string of the molecule is Cc1nc(OCCCC2CCN(c3nc(C(C)C)no3)CC2)ccc1C(=O)NCC(C)O. The minimum atomic E-state index is -0.585. The number of nitrogens with zero attached hydrogens (tertiary/aromatic N) is 4. The van der Waals surface area contributed by atoms with Crippen LogP contribution in [0.1, 0.15) is 74.2 Å². The molecule has 1 unspecified atom stereocenters. The Kier molecular flexibility index (Phi) is 8.44. The van der Waals surface area contributed by atoms with E-state index in [1.165, 1.54) is 0 Å². The summed E-state index contributed by atoms with van der Waals surface area (Å²) >= 11 is 0. The molecule has 1 fully saturated rings. The molecular formula is C23H35N5O4. The van der Waals surface area contributed by atoms with Crippen LogP contribution >= 0.6 is 0 Å². The predicted octanol–water partition coefficient (Wildman–Crippen LogP) is 3.08. The monoisotopic (exact) mass is 445 g/mol. The Balaban J connectivity index is 1.36. The first kappa shape index (κ1) is 24.0. The molecule has 32 heavy (non-hydrogen) atoms. The number of amides is 1. The van der Waals surface area contributed by atoms with Crippen LogP contribution < -0.4 is 15.0 Å². The van der Waals surface area contributed by atoms with Gasteiger partial charge in [0.1, 0.15) is 0 Å². The van der Waals surface area contributed by atoms with E-state index in [9.17, 15) is 9.90 Å². The van der Waals surface area contributed by atoms with Crippen LogP contribution in [0.25, 0.3) is 0 Å². The van der Waals surface area contributed by atoms with E-state index < -0.39 is 6.10 Å². The summed E-state index contributed by atoms with van der Waals surface area (Å²) in [6.07, 6.45) is 3.69. The number of hydrogen-bond acceptors (Lipinski definition) is 8. The van der Waals surface area contributed by atoms with Gasteiger partial charge in [-0.3, -0.25) is 4.79 Å². The summed E-state index contributed by atoms with van der Waals surface area (Å²) in [5.74, 6) is 1.98. The van der Waals surface area contributed by atoms with E-state index in [0.717, 1.165) is 44.6 Å². The van der Waals surface area contributed by atoms with Crippen molar-refractivity contribution in [3.05, 3.63) is 29.2 Å². The van der Waals surface area contributed by atoms with Gasteiger partial charge in [-0.2, -0.15) is 4.98 Å². The van der Waals surface area contributed by atoms with Crippen LogP contribution in [-0.4, -0.2) is 58.5 Å². The van der Waals surface area contributed by atoms with Gasteiger partial charge in [0, 0.05) is 31.6 Å². The Morgan fingerprint density at radius 2 is 2.03 bits per heavy atom. The molecule has 2 aromatic rings. The zero-order valence-corrected chi connectivity index (χ0v) is 19.5. The Labute approximate surface area is 189 Å². The molecule has 0 spiro atoms. The van der Waals surface area contributed by atoms with Crippen molar-refractivity contribution in [1.82, 2.24) is 20.4 Å². The maximum atomic E-state index is 12.1. The molecule has 0 aromatic carbocycles. The third kappa shape index (κ3) is 6.66. The molecule has 1 aliphatic heterocycles. The quantitative estimate of drug-likeness (QED) is 0.537. The highest BCUT2D eigenvalue weighted by Crippen LogP contribution is 2.26. The Morgan fingerprint density at radius 1 is 1.28 bits per heavy atom. The third-order valence-corrected chi connectivity index (χ3v) is 5.70. The van der Waals surface area contributed by atoms with Crippen LogP contribution in [0.2, 0.25) is 0 Å². The number of hydrogen-bond donors (Lipinski definition) is 2. The summed E-state index contributed by atoms with van der Waals surface area (Å²) in [5, 5.41) is 16.0. The van der Waals surface area contributed by atoms with E-state index in [2.05, 4.69) is 39.2 Å². The van der Waals surface area contributed by atoms with Gasteiger partial charge in [-0.05, 0) is 51.5 Å². The lowest BCUT2D eigenvalue weighted by atomic mass is 9.92. The van der Waals surface area contributed by atoms with E-state index >= 15 is 0 Å². The molecule has 2 aromatic heterocycles. The lowest BCUT2D eigenvalue weighted by Gasteiger charge is -2.30. The fraction of sp³-hybridized carbons (Fsp3) is 0.652. The van der Waals surface area contributed by atoms with Gasteiger partial charge in [0.05, 0.1) is 24.0 Å². The molecule has 0 bridgehead atoms. The highest BCUT2D eigenvalue weighted by atomic mass is 16.5. The molecular weight excluding hydrogens is 410 g/mol. The van der Waals surface area contributed by atoms with Crippen molar-refractivity contribution < 1.29 is 19.2 Å². The van der Waals surface area contributed by atoms with Gasteiger partial charge in [0.2, 0.25) is 5.88 Å². The molecule has 9 nitrogen and oxygen atoms in total. The average Bonchev–Trinajstić information content (AvgIpc) is 3.26. The van der Waals surface area contributed by atoms with E-state index in [-0.39, 0.29) is 18.4 Å². The highest BCUT2D eigenvalue weighted by molar-refractivity contribution is 5.95. The molecule has 1 aliphatic rings. The largest absolute Gasteiger partial charge is 0.478 e. The molecule has 1 saturated heterocycles. The van der Waals surface area contributed by atoms with E-state index in [1.54, 1.807) is 26.0 Å². The lowest BCUT2D eigenvalue weighted by Crippen LogP contribution is -2.34. The van der Waals surface area contributed by atoms with Crippen molar-refractivity contribution in [3.8, 4) is 5.88 Å². The van der Waals surface area contributed by atoms with Crippen molar-refractivity contribution in [2.45, 2.75) is 65.4 Å². The number of aryl methyl sites for hydroxylation is 1. The molecule has 9 heteroatoms. The summed E-state index contributed by atoms with van der Waals surface area (Å²) in [6.45, 7) is 10.2. The molecule has 0 saturated carbocycles. The number of nitrogens with one attached hydrogen (secondary N) is 1. The normalized spacial score (nSPS) is 15.8. The fourth-order valence-corrected chi connectivity index (χ4v) is 3.75. The number of carbonyl (C=O) groups excluding carboxylic acids is 1. The maximum absolute atomic E-state index is 12.1. The molecule has 0 aliphatic carbocycles. The first-order chi connectivity index (χ1) is 15.3. The molecule has 2 N–H and O–H groups in total. The maximum Gasteiger partial charge on any atom is 0.324 e. The fourth-order valence-electron chi connectivity index (χ4n) is 3.75. The van der Waals surface area contributed by atoms with Crippen molar-refractivity contribution in [2.24, 2.45) is 5.92 Å². The van der Waals surface area contributed by atoms with Gasteiger partial charge in [0.15, 0.2) is 5.82 Å². The van der Waals surface area contributed by atoms with Gasteiger partial charge >= 0.3 is 6.01 Å². The first-order valence-electron chi connectivity index (χ1n) is 11.5. The number of anilines is 1. The Bertz CT molecular complexity index is 875. The third-order valence-electron chi connectivity index (χ3n) is 5.70. The van der Waals surface area contributed by atoms with E-state index in [4.69, 9.17) is 9.26 Å². The second-order valence-electron chi connectivity index (χ2n) is 8.85. The van der Waals surface area contributed by atoms with Gasteiger partial charge in [-0.15, -0.1) is 0 Å². The number of ether oxygens (including phenoxy) is 1. The van der Waals surface area contributed by atoms with Crippen molar-refractivity contribution in [3.63, 3.8) is 0 Å². The van der Waals surface area contributed by atoms with Crippen LogP contribution in [0.15, 0.2) is 16.7 Å². The van der Waals surface area contributed by atoms with Crippen LogP contribution in [-0.2, 0) is 0 Å². The first-order valence-corrected chi connectivity index (χ1v) is 11.5. The van der Waals surface area contributed by atoms with E-state index in [1.807, 2.05) is 0 Å².